The highest BCUT2D eigenvalue weighted by molar-refractivity contribution is 6.10. The summed E-state index contributed by atoms with van der Waals surface area (Å²) in [6.07, 6.45) is 1.70. The molecule has 3 aromatic carbocycles. The lowest BCUT2D eigenvalue weighted by molar-refractivity contribution is 0.0970. The molecule has 176 valence electrons. The van der Waals surface area contributed by atoms with Gasteiger partial charge >= 0.3 is 0 Å². The van der Waals surface area contributed by atoms with Crippen LogP contribution in [0.2, 0.25) is 0 Å². The van der Waals surface area contributed by atoms with Crippen molar-refractivity contribution in [2.75, 3.05) is 4.90 Å². The van der Waals surface area contributed by atoms with Gasteiger partial charge < -0.3 is 9.15 Å². The van der Waals surface area contributed by atoms with E-state index in [1.807, 2.05) is 67.6 Å². The minimum atomic E-state index is -0.674. The average Bonchev–Trinajstić information content (AvgIpc) is 3.21. The molecule has 0 unspecified atom stereocenters. The second-order valence-electron chi connectivity index (χ2n) is 8.78. The van der Waals surface area contributed by atoms with E-state index in [2.05, 4.69) is 4.98 Å². The minimum absolute atomic E-state index is 0.0514. The summed E-state index contributed by atoms with van der Waals surface area (Å²) in [5, 5.41) is 0.440. The Morgan fingerprint density at radius 1 is 0.889 bits per heavy atom. The van der Waals surface area contributed by atoms with Gasteiger partial charge in [0.15, 0.2) is 5.43 Å². The molecule has 0 saturated heterocycles. The van der Waals surface area contributed by atoms with Gasteiger partial charge in [-0.3, -0.25) is 14.5 Å². The Labute approximate surface area is 207 Å². The van der Waals surface area contributed by atoms with Crippen molar-refractivity contribution < 1.29 is 13.9 Å². The van der Waals surface area contributed by atoms with E-state index in [0.29, 0.717) is 34.7 Å². The van der Waals surface area contributed by atoms with Gasteiger partial charge in [-0.05, 0) is 53.9 Å². The number of carbonyl (C=O) groups is 1. The number of amides is 1. The standard InChI is InChI=1S/C30H22N2O4/c1-19-11-16-25(31-17-19)32-27(21-12-14-22(15-13-21)35-18-20-7-3-2-4-8-20)26-28(33)23-9-5-6-10-24(23)36-29(26)30(32)34/h2-17,27H,18H2,1H3/t27-/m1/s1. The zero-order valence-corrected chi connectivity index (χ0v) is 19.5. The molecule has 0 N–H and O–H groups in total. The van der Waals surface area contributed by atoms with Crippen LogP contribution in [0.1, 0.15) is 38.9 Å². The van der Waals surface area contributed by atoms with Crippen molar-refractivity contribution in [3.8, 4) is 5.75 Å². The number of carbonyl (C=O) groups excluding carboxylic acids is 1. The Morgan fingerprint density at radius 2 is 1.64 bits per heavy atom. The normalized spacial score (nSPS) is 14.8. The number of fused-ring (bicyclic) bond motifs is 2. The Bertz CT molecular complexity index is 1620. The Kier molecular flexibility index (Phi) is 5.34. The van der Waals surface area contributed by atoms with Crippen molar-refractivity contribution in [1.82, 2.24) is 4.98 Å². The first-order chi connectivity index (χ1) is 17.6. The SMILES string of the molecule is Cc1ccc(N2C(=O)c3oc4ccccc4c(=O)c3[C@H]2c2ccc(OCc3ccccc3)cc2)nc1. The van der Waals surface area contributed by atoms with Crippen molar-refractivity contribution in [1.29, 1.82) is 0 Å². The molecular weight excluding hydrogens is 452 g/mol. The molecule has 1 amide bonds. The first-order valence-electron chi connectivity index (χ1n) is 11.7. The largest absolute Gasteiger partial charge is 0.489 e. The van der Waals surface area contributed by atoms with Crippen LogP contribution in [0.4, 0.5) is 5.82 Å². The van der Waals surface area contributed by atoms with Crippen molar-refractivity contribution in [3.05, 3.63) is 135 Å². The van der Waals surface area contributed by atoms with Gasteiger partial charge in [0.1, 0.15) is 23.8 Å². The molecule has 0 radical (unpaired) electrons. The molecule has 1 aliphatic rings. The van der Waals surface area contributed by atoms with Gasteiger partial charge in [0.05, 0.1) is 17.0 Å². The van der Waals surface area contributed by atoms with Crippen LogP contribution in [-0.4, -0.2) is 10.9 Å². The van der Waals surface area contributed by atoms with Crippen LogP contribution >= 0.6 is 0 Å². The number of pyridine rings is 1. The van der Waals surface area contributed by atoms with Crippen LogP contribution < -0.4 is 15.1 Å². The Balaban J connectivity index is 1.43. The highest BCUT2D eigenvalue weighted by atomic mass is 16.5. The van der Waals surface area contributed by atoms with E-state index in [1.165, 1.54) is 4.90 Å². The summed E-state index contributed by atoms with van der Waals surface area (Å²) in [5.41, 5.74) is 3.29. The molecular formula is C30H22N2O4. The fourth-order valence-electron chi connectivity index (χ4n) is 4.56. The number of aryl methyl sites for hydroxylation is 1. The molecule has 0 saturated carbocycles. The summed E-state index contributed by atoms with van der Waals surface area (Å²) in [4.78, 5) is 33.3. The van der Waals surface area contributed by atoms with Gasteiger partial charge in [-0.25, -0.2) is 4.98 Å². The number of para-hydroxylation sites is 1. The molecule has 5 aromatic rings. The number of anilines is 1. The van der Waals surface area contributed by atoms with Crippen LogP contribution in [0, 0.1) is 6.92 Å². The van der Waals surface area contributed by atoms with Gasteiger partial charge in [-0.2, -0.15) is 0 Å². The Morgan fingerprint density at radius 3 is 2.39 bits per heavy atom. The summed E-state index contributed by atoms with van der Waals surface area (Å²) < 4.78 is 11.9. The topological polar surface area (TPSA) is 72.6 Å². The molecule has 36 heavy (non-hydrogen) atoms. The van der Waals surface area contributed by atoms with Crippen molar-refractivity contribution in [2.24, 2.45) is 0 Å². The van der Waals surface area contributed by atoms with E-state index in [1.54, 1.807) is 36.5 Å². The van der Waals surface area contributed by atoms with Crippen molar-refractivity contribution >= 4 is 22.7 Å². The quantitative estimate of drug-likeness (QED) is 0.321. The van der Waals surface area contributed by atoms with E-state index in [-0.39, 0.29) is 11.2 Å². The number of benzene rings is 3. The summed E-state index contributed by atoms with van der Waals surface area (Å²) in [6, 6.07) is 27.4. The summed E-state index contributed by atoms with van der Waals surface area (Å²) in [5.74, 6) is 0.807. The molecule has 2 aromatic heterocycles. The van der Waals surface area contributed by atoms with E-state index in [0.717, 1.165) is 16.7 Å². The zero-order valence-electron chi connectivity index (χ0n) is 19.5. The van der Waals surface area contributed by atoms with Crippen LogP contribution in [0.25, 0.3) is 11.0 Å². The van der Waals surface area contributed by atoms with E-state index < -0.39 is 11.9 Å². The van der Waals surface area contributed by atoms with Crippen LogP contribution in [0.15, 0.2) is 106 Å². The van der Waals surface area contributed by atoms with Gasteiger partial charge in [-0.1, -0.05) is 60.7 Å². The number of hydrogen-bond acceptors (Lipinski definition) is 5. The molecule has 6 rings (SSSR count). The molecule has 0 aliphatic carbocycles. The van der Waals surface area contributed by atoms with Crippen LogP contribution in [-0.2, 0) is 6.61 Å². The lowest BCUT2D eigenvalue weighted by Crippen LogP contribution is -2.30. The maximum atomic E-state index is 13.6. The lowest BCUT2D eigenvalue weighted by atomic mass is 9.98. The number of rotatable bonds is 5. The fraction of sp³-hybridized carbons (Fsp3) is 0.100. The van der Waals surface area contributed by atoms with E-state index in [9.17, 15) is 9.59 Å². The van der Waals surface area contributed by atoms with Crippen molar-refractivity contribution in [3.63, 3.8) is 0 Å². The third-order valence-electron chi connectivity index (χ3n) is 6.36. The number of hydrogen-bond donors (Lipinski definition) is 0. The summed E-state index contributed by atoms with van der Waals surface area (Å²) in [6.45, 7) is 2.38. The Hall–Kier alpha value is -4.71. The first kappa shape index (κ1) is 21.8. The predicted molar refractivity (Wildman–Crippen MR) is 137 cm³/mol. The smallest absolute Gasteiger partial charge is 0.296 e. The second-order valence-corrected chi connectivity index (χ2v) is 8.78. The van der Waals surface area contributed by atoms with Gasteiger partial charge in [0.25, 0.3) is 5.91 Å². The third-order valence-corrected chi connectivity index (χ3v) is 6.36. The molecule has 6 heteroatoms. The first-order valence-corrected chi connectivity index (χ1v) is 11.7. The second kappa shape index (κ2) is 8.82. The highest BCUT2D eigenvalue weighted by Crippen LogP contribution is 2.40. The van der Waals surface area contributed by atoms with Gasteiger partial charge in [0, 0.05) is 6.20 Å². The van der Waals surface area contributed by atoms with Crippen molar-refractivity contribution in [2.45, 2.75) is 19.6 Å². The summed E-state index contributed by atoms with van der Waals surface area (Å²) >= 11 is 0. The predicted octanol–water partition coefficient (Wildman–Crippen LogP) is 5.83. The molecule has 0 bridgehead atoms. The lowest BCUT2D eigenvalue weighted by Gasteiger charge is -2.24. The number of ether oxygens (including phenoxy) is 1. The molecule has 6 nitrogen and oxygen atoms in total. The van der Waals surface area contributed by atoms with Gasteiger partial charge in [0.2, 0.25) is 5.76 Å². The molecule has 0 spiro atoms. The summed E-state index contributed by atoms with van der Waals surface area (Å²) in [7, 11) is 0. The van der Waals surface area contributed by atoms with E-state index in [4.69, 9.17) is 9.15 Å². The minimum Gasteiger partial charge on any atom is -0.489 e. The number of aromatic nitrogens is 1. The monoisotopic (exact) mass is 474 g/mol. The molecule has 0 fully saturated rings. The molecule has 1 atom stereocenters. The maximum Gasteiger partial charge on any atom is 0.296 e. The van der Waals surface area contributed by atoms with E-state index >= 15 is 0 Å². The molecule has 3 heterocycles. The van der Waals surface area contributed by atoms with Gasteiger partial charge in [-0.15, -0.1) is 0 Å². The zero-order chi connectivity index (χ0) is 24.6. The molecule has 1 aliphatic heterocycles. The average molecular weight is 475 g/mol. The van der Waals surface area contributed by atoms with Crippen LogP contribution in [0.3, 0.4) is 0 Å². The van der Waals surface area contributed by atoms with Crippen LogP contribution in [0.5, 0.6) is 5.75 Å². The third kappa shape index (κ3) is 3.73. The number of nitrogens with zero attached hydrogens (tertiary/aromatic N) is 2. The fourth-order valence-corrected chi connectivity index (χ4v) is 4.56. The maximum absolute atomic E-state index is 13.6. The highest BCUT2D eigenvalue weighted by Gasteiger charge is 2.44.